The number of hydrogen-bond donors (Lipinski definition) is 4. The Morgan fingerprint density at radius 2 is 2.18 bits per heavy atom. The summed E-state index contributed by atoms with van der Waals surface area (Å²) >= 11 is 5.21. The molecular formula is C15H22N4O2S. The third-order valence-electron chi connectivity index (χ3n) is 3.83. The molecule has 1 heterocycles. The first-order valence-electron chi connectivity index (χ1n) is 7.49. The van der Waals surface area contributed by atoms with E-state index in [0.717, 1.165) is 12.8 Å². The van der Waals surface area contributed by atoms with Crippen molar-refractivity contribution in [3.8, 4) is 5.75 Å². The molecular weight excluding hydrogens is 300 g/mol. The van der Waals surface area contributed by atoms with Gasteiger partial charge in [-0.05, 0) is 32.0 Å². The first-order valence-corrected chi connectivity index (χ1v) is 7.90. The number of rotatable bonds is 4. The van der Waals surface area contributed by atoms with Crippen LogP contribution >= 0.6 is 12.2 Å². The molecule has 0 aromatic carbocycles. The highest BCUT2D eigenvalue weighted by Crippen LogP contribution is 2.21. The van der Waals surface area contributed by atoms with Crippen molar-refractivity contribution in [2.75, 3.05) is 0 Å². The largest absolute Gasteiger partial charge is 0.505 e. The zero-order valence-electron chi connectivity index (χ0n) is 12.7. The monoisotopic (exact) mass is 322 g/mol. The van der Waals surface area contributed by atoms with Crippen molar-refractivity contribution < 1.29 is 10.2 Å². The Bertz CT molecular complexity index is 557. The van der Waals surface area contributed by atoms with Gasteiger partial charge in [0.05, 0.1) is 18.5 Å². The van der Waals surface area contributed by atoms with Crippen LogP contribution < -0.4 is 10.7 Å². The number of hydrazone groups is 1. The van der Waals surface area contributed by atoms with E-state index in [2.05, 4.69) is 20.8 Å². The van der Waals surface area contributed by atoms with Crippen molar-refractivity contribution in [1.29, 1.82) is 0 Å². The van der Waals surface area contributed by atoms with Gasteiger partial charge in [-0.2, -0.15) is 5.10 Å². The molecule has 1 aliphatic carbocycles. The van der Waals surface area contributed by atoms with Gasteiger partial charge in [-0.1, -0.05) is 19.3 Å². The summed E-state index contributed by atoms with van der Waals surface area (Å²) < 4.78 is 0. The first-order chi connectivity index (χ1) is 10.6. The minimum absolute atomic E-state index is 0.0169. The maximum atomic E-state index is 9.99. The molecule has 2 rings (SSSR count). The number of aryl methyl sites for hydroxylation is 1. The molecule has 1 saturated carbocycles. The van der Waals surface area contributed by atoms with Crippen LogP contribution in [0.3, 0.4) is 0 Å². The van der Waals surface area contributed by atoms with Crippen LogP contribution in [0, 0.1) is 6.92 Å². The van der Waals surface area contributed by atoms with E-state index in [-0.39, 0.29) is 12.4 Å². The molecule has 0 amide bonds. The third-order valence-corrected chi connectivity index (χ3v) is 4.04. The minimum atomic E-state index is -0.215. The number of pyridine rings is 1. The lowest BCUT2D eigenvalue weighted by atomic mass is 9.96. The molecule has 0 aliphatic heterocycles. The second kappa shape index (κ2) is 8.05. The number of aliphatic hydroxyl groups is 1. The molecule has 0 unspecified atom stereocenters. The molecule has 4 N–H and O–H groups in total. The lowest BCUT2D eigenvalue weighted by Crippen LogP contribution is -2.40. The van der Waals surface area contributed by atoms with E-state index in [1.54, 1.807) is 6.92 Å². The van der Waals surface area contributed by atoms with E-state index in [0.29, 0.717) is 28.0 Å². The Balaban J connectivity index is 1.94. The van der Waals surface area contributed by atoms with Crippen molar-refractivity contribution >= 4 is 23.5 Å². The molecule has 0 bridgehead atoms. The average molecular weight is 322 g/mol. The molecule has 1 fully saturated rings. The summed E-state index contributed by atoms with van der Waals surface area (Å²) in [6.45, 7) is 1.48. The lowest BCUT2D eigenvalue weighted by Gasteiger charge is -2.23. The van der Waals surface area contributed by atoms with Gasteiger partial charge >= 0.3 is 0 Å². The summed E-state index contributed by atoms with van der Waals surface area (Å²) in [7, 11) is 0. The van der Waals surface area contributed by atoms with Crippen molar-refractivity contribution in [2.45, 2.75) is 51.7 Å². The Morgan fingerprint density at radius 3 is 2.86 bits per heavy atom. The van der Waals surface area contributed by atoms with Crippen LogP contribution in [0.2, 0.25) is 0 Å². The third kappa shape index (κ3) is 4.38. The summed E-state index contributed by atoms with van der Waals surface area (Å²) in [4.78, 5) is 4.00. The molecule has 0 spiro atoms. The molecule has 1 aromatic rings. The zero-order chi connectivity index (χ0) is 15.9. The molecule has 0 saturated heterocycles. The molecule has 120 valence electrons. The average Bonchev–Trinajstić information content (AvgIpc) is 2.52. The van der Waals surface area contributed by atoms with Crippen LogP contribution in [-0.2, 0) is 6.61 Å². The van der Waals surface area contributed by atoms with Crippen molar-refractivity contribution in [1.82, 2.24) is 15.7 Å². The number of aromatic hydroxyl groups is 1. The SMILES string of the molecule is Cc1ncc(CO)c(/C=N/NC(=S)NC2CCCCC2)c1O. The molecule has 0 radical (unpaired) electrons. The number of hydrogen-bond acceptors (Lipinski definition) is 5. The van der Waals surface area contributed by atoms with Gasteiger partial charge in [0.2, 0.25) is 0 Å². The van der Waals surface area contributed by atoms with E-state index in [4.69, 9.17) is 12.2 Å². The maximum Gasteiger partial charge on any atom is 0.187 e. The van der Waals surface area contributed by atoms with Crippen LogP contribution in [0.25, 0.3) is 0 Å². The van der Waals surface area contributed by atoms with Crippen LogP contribution in [0.5, 0.6) is 5.75 Å². The number of nitrogens with zero attached hydrogens (tertiary/aromatic N) is 2. The van der Waals surface area contributed by atoms with Crippen LogP contribution in [-0.4, -0.2) is 32.6 Å². The smallest absolute Gasteiger partial charge is 0.187 e. The normalized spacial score (nSPS) is 15.9. The van der Waals surface area contributed by atoms with Crippen LogP contribution in [0.4, 0.5) is 0 Å². The summed E-state index contributed by atoms with van der Waals surface area (Å²) in [5.74, 6) is 0.0169. The van der Waals surface area contributed by atoms with E-state index < -0.39 is 0 Å². The summed E-state index contributed by atoms with van der Waals surface area (Å²) in [6.07, 6.45) is 8.98. The molecule has 6 nitrogen and oxygen atoms in total. The van der Waals surface area contributed by atoms with Gasteiger partial charge in [0.1, 0.15) is 5.75 Å². The highest BCUT2D eigenvalue weighted by atomic mass is 32.1. The number of aliphatic hydroxyl groups excluding tert-OH is 1. The van der Waals surface area contributed by atoms with Gasteiger partial charge in [-0.25, -0.2) is 0 Å². The second-order valence-electron chi connectivity index (χ2n) is 5.47. The maximum absolute atomic E-state index is 9.99. The highest BCUT2D eigenvalue weighted by Gasteiger charge is 2.13. The van der Waals surface area contributed by atoms with Crippen LogP contribution in [0.1, 0.15) is 48.9 Å². The van der Waals surface area contributed by atoms with Gasteiger partial charge in [-0.15, -0.1) is 0 Å². The van der Waals surface area contributed by atoms with E-state index in [1.807, 2.05) is 0 Å². The number of aromatic nitrogens is 1. The Kier molecular flexibility index (Phi) is 6.09. The number of thiocarbonyl (C=S) groups is 1. The van der Waals surface area contributed by atoms with Crippen molar-refractivity contribution in [3.63, 3.8) is 0 Å². The Labute approximate surface area is 135 Å². The van der Waals surface area contributed by atoms with Gasteiger partial charge in [-0.3, -0.25) is 10.4 Å². The predicted molar refractivity (Wildman–Crippen MR) is 89.9 cm³/mol. The molecule has 22 heavy (non-hydrogen) atoms. The summed E-state index contributed by atoms with van der Waals surface area (Å²) in [5.41, 5.74) is 4.20. The predicted octanol–water partition coefficient (Wildman–Crippen LogP) is 1.72. The quantitative estimate of drug-likeness (QED) is 0.383. The van der Waals surface area contributed by atoms with Crippen molar-refractivity contribution in [2.24, 2.45) is 5.10 Å². The minimum Gasteiger partial charge on any atom is -0.505 e. The fraction of sp³-hybridized carbons (Fsp3) is 0.533. The second-order valence-corrected chi connectivity index (χ2v) is 5.88. The molecule has 0 atom stereocenters. The van der Waals surface area contributed by atoms with Gasteiger partial charge in [0, 0.05) is 23.4 Å². The van der Waals surface area contributed by atoms with Crippen molar-refractivity contribution in [3.05, 3.63) is 23.0 Å². The summed E-state index contributed by atoms with van der Waals surface area (Å²) in [5, 5.41) is 27.0. The molecule has 1 aliphatic rings. The van der Waals surface area contributed by atoms with Gasteiger partial charge < -0.3 is 15.5 Å². The first kappa shape index (κ1) is 16.6. The highest BCUT2D eigenvalue weighted by molar-refractivity contribution is 7.80. The molecule has 1 aromatic heterocycles. The zero-order valence-corrected chi connectivity index (χ0v) is 13.5. The van der Waals surface area contributed by atoms with E-state index >= 15 is 0 Å². The van der Waals surface area contributed by atoms with E-state index in [1.165, 1.54) is 31.7 Å². The number of nitrogens with one attached hydrogen (secondary N) is 2. The lowest BCUT2D eigenvalue weighted by molar-refractivity contribution is 0.280. The standard InChI is InChI=1S/C15H22N4O2S/c1-10-14(21)13(11(9-20)7-16-10)8-17-19-15(22)18-12-5-3-2-4-6-12/h7-8,12,20-21H,2-6,9H2,1H3,(H2,18,19,22)/b17-8+. The topological polar surface area (TPSA) is 89.8 Å². The Hall–Kier alpha value is -1.73. The van der Waals surface area contributed by atoms with E-state index in [9.17, 15) is 10.2 Å². The fourth-order valence-electron chi connectivity index (χ4n) is 2.54. The van der Waals surface area contributed by atoms with Crippen LogP contribution in [0.15, 0.2) is 11.3 Å². The fourth-order valence-corrected chi connectivity index (χ4v) is 2.76. The molecule has 7 heteroatoms. The van der Waals surface area contributed by atoms with Gasteiger partial charge in [0.15, 0.2) is 5.11 Å². The Morgan fingerprint density at radius 1 is 1.45 bits per heavy atom. The summed E-state index contributed by atoms with van der Waals surface area (Å²) in [6, 6.07) is 0.411. The van der Waals surface area contributed by atoms with Gasteiger partial charge in [0.25, 0.3) is 0 Å².